The molecule has 1 fully saturated rings. The molecule has 106 valence electrons. The molecular formula is C13H21N3O3. The summed E-state index contributed by atoms with van der Waals surface area (Å²) in [6, 6.07) is 0. The predicted molar refractivity (Wildman–Crippen MR) is 70.8 cm³/mol. The first kappa shape index (κ1) is 13.7. The molecule has 2 heterocycles. The fourth-order valence-corrected chi connectivity index (χ4v) is 2.38. The first-order valence-corrected chi connectivity index (χ1v) is 6.47. The van der Waals surface area contributed by atoms with E-state index in [2.05, 4.69) is 5.16 Å². The summed E-state index contributed by atoms with van der Waals surface area (Å²) in [5.41, 5.74) is 7.03. The molecule has 0 spiro atoms. The summed E-state index contributed by atoms with van der Waals surface area (Å²) < 4.78 is 10.3. The van der Waals surface area contributed by atoms with Crippen LogP contribution in [0.5, 0.6) is 0 Å². The van der Waals surface area contributed by atoms with E-state index in [0.29, 0.717) is 19.0 Å². The van der Waals surface area contributed by atoms with Gasteiger partial charge in [0.15, 0.2) is 0 Å². The van der Waals surface area contributed by atoms with Gasteiger partial charge < -0.3 is 19.9 Å². The minimum Gasteiger partial charge on any atom is -0.444 e. The number of carbonyl (C=O) groups is 1. The van der Waals surface area contributed by atoms with Gasteiger partial charge in [-0.15, -0.1) is 0 Å². The monoisotopic (exact) mass is 267 g/mol. The number of nitrogens with two attached hydrogens (primary N) is 1. The Kier molecular flexibility index (Phi) is 3.43. The van der Waals surface area contributed by atoms with Crippen molar-refractivity contribution < 1.29 is 14.1 Å². The highest BCUT2D eigenvalue weighted by molar-refractivity contribution is 5.68. The molecule has 19 heavy (non-hydrogen) atoms. The number of hydrogen-bond donors (Lipinski definition) is 1. The number of carbonyl (C=O) groups excluding carboxylic acids is 1. The molecule has 1 saturated heterocycles. The lowest BCUT2D eigenvalue weighted by atomic mass is 9.99. The van der Waals surface area contributed by atoms with Crippen molar-refractivity contribution in [1.29, 1.82) is 0 Å². The zero-order chi connectivity index (χ0) is 14.2. The van der Waals surface area contributed by atoms with E-state index >= 15 is 0 Å². The number of nitrogens with zero attached hydrogens (tertiary/aromatic N) is 2. The maximum Gasteiger partial charge on any atom is 0.410 e. The molecule has 1 unspecified atom stereocenters. The van der Waals surface area contributed by atoms with E-state index in [1.54, 1.807) is 4.90 Å². The maximum atomic E-state index is 12.0. The average Bonchev–Trinajstić information content (AvgIpc) is 2.83. The third kappa shape index (κ3) is 3.00. The zero-order valence-corrected chi connectivity index (χ0v) is 11.9. The number of amides is 1. The van der Waals surface area contributed by atoms with Crippen molar-refractivity contribution in [2.75, 3.05) is 18.8 Å². The molecule has 2 N–H and O–H groups in total. The van der Waals surface area contributed by atoms with E-state index in [9.17, 15) is 4.79 Å². The maximum absolute atomic E-state index is 12.0. The summed E-state index contributed by atoms with van der Waals surface area (Å²) in [5.74, 6) is 0.535. The summed E-state index contributed by atoms with van der Waals surface area (Å²) in [4.78, 5) is 13.7. The van der Waals surface area contributed by atoms with Gasteiger partial charge >= 0.3 is 6.09 Å². The fraction of sp³-hybridized carbons (Fsp3) is 0.692. The van der Waals surface area contributed by atoms with Crippen LogP contribution in [0.1, 0.15) is 44.4 Å². The van der Waals surface area contributed by atoms with Crippen molar-refractivity contribution in [3.05, 3.63) is 11.3 Å². The van der Waals surface area contributed by atoms with E-state index in [-0.39, 0.29) is 12.0 Å². The lowest BCUT2D eigenvalue weighted by Gasteiger charge is -2.24. The van der Waals surface area contributed by atoms with E-state index in [0.717, 1.165) is 17.7 Å². The number of likely N-dealkylation sites (tertiary alicyclic amines) is 1. The number of rotatable bonds is 1. The Morgan fingerprint density at radius 1 is 1.53 bits per heavy atom. The molecule has 0 bridgehead atoms. The molecule has 1 aliphatic heterocycles. The number of ether oxygens (including phenoxy) is 1. The predicted octanol–water partition coefficient (Wildman–Crippen LogP) is 2.29. The minimum atomic E-state index is -0.471. The van der Waals surface area contributed by atoms with Crippen LogP contribution in [-0.4, -0.2) is 34.8 Å². The van der Waals surface area contributed by atoms with Crippen LogP contribution < -0.4 is 5.73 Å². The smallest absolute Gasteiger partial charge is 0.410 e. The van der Waals surface area contributed by atoms with Crippen molar-refractivity contribution in [3.8, 4) is 0 Å². The summed E-state index contributed by atoms with van der Waals surface area (Å²) in [6.45, 7) is 8.72. The molecule has 1 aromatic heterocycles. The van der Waals surface area contributed by atoms with Crippen molar-refractivity contribution in [2.24, 2.45) is 0 Å². The molecule has 0 aromatic carbocycles. The molecular weight excluding hydrogens is 246 g/mol. The molecule has 0 radical (unpaired) electrons. The number of aryl methyl sites for hydroxylation is 1. The van der Waals surface area contributed by atoms with Crippen LogP contribution in [0.15, 0.2) is 4.52 Å². The van der Waals surface area contributed by atoms with Crippen LogP contribution in [0.25, 0.3) is 0 Å². The first-order valence-electron chi connectivity index (χ1n) is 6.47. The first-order chi connectivity index (χ1) is 8.78. The molecule has 1 atom stereocenters. The third-order valence-electron chi connectivity index (χ3n) is 3.18. The quantitative estimate of drug-likeness (QED) is 0.844. The summed E-state index contributed by atoms with van der Waals surface area (Å²) in [7, 11) is 0. The molecule has 0 aliphatic carbocycles. The van der Waals surface area contributed by atoms with Gasteiger partial charge in [0.2, 0.25) is 5.88 Å². The van der Waals surface area contributed by atoms with Crippen molar-refractivity contribution in [3.63, 3.8) is 0 Å². The van der Waals surface area contributed by atoms with E-state index in [1.807, 2.05) is 27.7 Å². The van der Waals surface area contributed by atoms with Gasteiger partial charge in [0, 0.05) is 24.6 Å². The van der Waals surface area contributed by atoms with Crippen LogP contribution in [0.4, 0.5) is 10.7 Å². The second-order valence-electron chi connectivity index (χ2n) is 5.96. The Hall–Kier alpha value is -1.72. The minimum absolute atomic E-state index is 0.179. The summed E-state index contributed by atoms with van der Waals surface area (Å²) in [5, 5.41) is 3.86. The molecule has 6 heteroatoms. The van der Waals surface area contributed by atoms with Crippen LogP contribution in [0, 0.1) is 6.92 Å². The fourth-order valence-electron chi connectivity index (χ4n) is 2.38. The normalized spacial score (nSPS) is 19.8. The standard InChI is InChI=1S/C13H21N3O3/c1-8-10(11(14)19-15-8)9-5-6-16(7-9)12(17)18-13(2,3)4/h9H,5-7,14H2,1-4H3. The lowest BCUT2D eigenvalue weighted by Crippen LogP contribution is -2.35. The average molecular weight is 267 g/mol. The number of hydrogen-bond acceptors (Lipinski definition) is 5. The number of aromatic nitrogens is 1. The van der Waals surface area contributed by atoms with Gasteiger partial charge in [-0.25, -0.2) is 4.79 Å². The summed E-state index contributed by atoms with van der Waals surface area (Å²) >= 11 is 0. The molecule has 1 aliphatic rings. The molecule has 1 amide bonds. The Morgan fingerprint density at radius 3 is 2.74 bits per heavy atom. The molecule has 2 rings (SSSR count). The van der Waals surface area contributed by atoms with Gasteiger partial charge in [-0.3, -0.25) is 0 Å². The van der Waals surface area contributed by atoms with E-state index < -0.39 is 5.60 Å². The van der Waals surface area contributed by atoms with Crippen LogP contribution in [0.2, 0.25) is 0 Å². The summed E-state index contributed by atoms with van der Waals surface area (Å²) in [6.07, 6.45) is 0.577. The Morgan fingerprint density at radius 2 is 2.21 bits per heavy atom. The Bertz CT molecular complexity index is 456. The Balaban J connectivity index is 2.03. The Labute approximate surface area is 112 Å². The van der Waals surface area contributed by atoms with Crippen molar-refractivity contribution in [1.82, 2.24) is 10.1 Å². The number of nitrogen functional groups attached to an aromatic ring is 1. The third-order valence-corrected chi connectivity index (χ3v) is 3.18. The number of anilines is 1. The van der Waals surface area contributed by atoms with Gasteiger partial charge in [0.05, 0.1) is 5.69 Å². The highest BCUT2D eigenvalue weighted by atomic mass is 16.6. The van der Waals surface area contributed by atoms with Gasteiger partial charge in [-0.1, -0.05) is 5.16 Å². The molecule has 0 saturated carbocycles. The van der Waals surface area contributed by atoms with Gasteiger partial charge in [-0.2, -0.15) is 0 Å². The zero-order valence-electron chi connectivity index (χ0n) is 11.9. The molecule has 1 aromatic rings. The highest BCUT2D eigenvalue weighted by Gasteiger charge is 2.33. The van der Waals surface area contributed by atoms with Crippen LogP contribution in [0.3, 0.4) is 0 Å². The van der Waals surface area contributed by atoms with E-state index in [4.69, 9.17) is 15.0 Å². The lowest BCUT2D eigenvalue weighted by molar-refractivity contribution is 0.0292. The SMILES string of the molecule is Cc1noc(N)c1C1CCN(C(=O)OC(C)(C)C)C1. The van der Waals surface area contributed by atoms with Gasteiger partial charge in [0.25, 0.3) is 0 Å². The van der Waals surface area contributed by atoms with Gasteiger partial charge in [-0.05, 0) is 34.1 Å². The van der Waals surface area contributed by atoms with E-state index in [1.165, 1.54) is 0 Å². The highest BCUT2D eigenvalue weighted by Crippen LogP contribution is 2.33. The second kappa shape index (κ2) is 4.75. The van der Waals surface area contributed by atoms with Crippen LogP contribution >= 0.6 is 0 Å². The molecule has 6 nitrogen and oxygen atoms in total. The largest absolute Gasteiger partial charge is 0.444 e. The topological polar surface area (TPSA) is 81.6 Å². The second-order valence-corrected chi connectivity index (χ2v) is 5.96. The van der Waals surface area contributed by atoms with Gasteiger partial charge in [0.1, 0.15) is 5.60 Å². The van der Waals surface area contributed by atoms with Crippen LogP contribution in [-0.2, 0) is 4.74 Å². The van der Waals surface area contributed by atoms with Crippen molar-refractivity contribution in [2.45, 2.75) is 45.6 Å². The van der Waals surface area contributed by atoms with Crippen molar-refractivity contribution >= 4 is 12.0 Å².